The summed E-state index contributed by atoms with van der Waals surface area (Å²) in [6.45, 7) is 21.6. The lowest BCUT2D eigenvalue weighted by Gasteiger charge is -2.36. The summed E-state index contributed by atoms with van der Waals surface area (Å²) in [4.78, 5) is 116. The fourth-order valence-corrected chi connectivity index (χ4v) is 15.1. The van der Waals surface area contributed by atoms with E-state index in [1.54, 1.807) is 81.8 Å². The number of nitrogens with zero attached hydrogens (tertiary/aromatic N) is 4. The quantitative estimate of drug-likeness (QED) is 0.0603. The van der Waals surface area contributed by atoms with E-state index >= 15 is 0 Å². The van der Waals surface area contributed by atoms with Crippen molar-refractivity contribution in [2.24, 2.45) is 16.7 Å². The lowest BCUT2D eigenvalue weighted by molar-refractivity contribution is -0.144. The molecule has 486 valence electrons. The Kier molecular flexibility index (Phi) is 26.0. The van der Waals surface area contributed by atoms with Gasteiger partial charge in [0.1, 0.15) is 48.0 Å². The fraction of sp³-hybridized carbons (Fsp3) is 0.723. The van der Waals surface area contributed by atoms with E-state index in [1.165, 1.54) is 23.9 Å². The van der Waals surface area contributed by atoms with Crippen LogP contribution in [0.4, 0.5) is 9.59 Å². The molecule has 5 aliphatic rings. The third-order valence-corrected chi connectivity index (χ3v) is 19.3. The number of ether oxygens (including phenoxy) is 4. The lowest BCUT2D eigenvalue weighted by Crippen LogP contribution is -2.59. The summed E-state index contributed by atoms with van der Waals surface area (Å²) in [5.41, 5.74) is -1.66. The molecular formula is C65H102N8O12S2. The zero-order chi connectivity index (χ0) is 63.9. The van der Waals surface area contributed by atoms with Gasteiger partial charge in [0.15, 0.2) is 0 Å². The molecule has 1 aliphatic carbocycles. The summed E-state index contributed by atoms with van der Waals surface area (Å²) in [6, 6.07) is 4.80. The molecule has 4 N–H and O–H groups in total. The van der Waals surface area contributed by atoms with Crippen molar-refractivity contribution in [1.82, 2.24) is 40.9 Å². The van der Waals surface area contributed by atoms with Crippen molar-refractivity contribution in [2.75, 3.05) is 58.6 Å². The molecule has 8 amide bonds. The number of carbonyl (C=O) groups is 8. The molecule has 4 saturated heterocycles. The van der Waals surface area contributed by atoms with Gasteiger partial charge >= 0.3 is 12.2 Å². The standard InChI is InChI=1S/C65H102N8O12S2/c1-43(71(13)61(81)85-63(5,6)7)55(75)67-47-33-37-87-52-39-65(10,11)54(73(52)59(47)79)57(77)69-49(45-30-24-21-25-31-45)42-83-35-27-19-17-15-14-16-18-26-34-82-41-48(44-28-22-20-23-29-44)68-56(76)53-64(8,9)38-51-72(53)58(78)46(32-36-86-51)66-50(74)40-70(12)60(80)84-62(2,3)4/h20-25,28,30-31,43-44,46-49,51-54H,14-19,26-27,29,32-42H2,1-13H3,(H,66,74)(H,67,75)(H,68,76)(H,69,77)/t43-,44?,46-,47-,48+,49+,51-,52-,53+,54+/m0/s1. The van der Waals surface area contributed by atoms with Gasteiger partial charge < -0.3 is 54.9 Å². The molecule has 4 heterocycles. The van der Waals surface area contributed by atoms with Crippen LogP contribution in [0, 0.1) is 16.7 Å². The van der Waals surface area contributed by atoms with Crippen molar-refractivity contribution in [2.45, 2.75) is 224 Å². The van der Waals surface area contributed by atoms with Gasteiger partial charge in [-0.15, -0.1) is 23.5 Å². The second kappa shape index (κ2) is 31.9. The highest BCUT2D eigenvalue weighted by Crippen LogP contribution is 2.48. The molecule has 22 heteroatoms. The largest absolute Gasteiger partial charge is 0.444 e. The van der Waals surface area contributed by atoms with Gasteiger partial charge in [0.25, 0.3) is 0 Å². The fourth-order valence-electron chi connectivity index (χ4n) is 12.0. The summed E-state index contributed by atoms with van der Waals surface area (Å²) >= 11 is 3.25. The summed E-state index contributed by atoms with van der Waals surface area (Å²) in [7, 11) is 2.97. The Morgan fingerprint density at radius 3 is 1.68 bits per heavy atom. The average molecular weight is 1250 g/mol. The minimum Gasteiger partial charge on any atom is -0.444 e. The van der Waals surface area contributed by atoms with Crippen LogP contribution >= 0.6 is 23.5 Å². The normalized spacial score (nSPS) is 24.3. The van der Waals surface area contributed by atoms with Crippen molar-refractivity contribution >= 4 is 71.2 Å². The van der Waals surface area contributed by atoms with Crippen LogP contribution in [0.25, 0.3) is 0 Å². The number of hydrogen-bond acceptors (Lipinski definition) is 14. The van der Waals surface area contributed by atoms with Crippen molar-refractivity contribution in [3.05, 3.63) is 60.2 Å². The lowest BCUT2D eigenvalue weighted by atomic mass is 9.83. The summed E-state index contributed by atoms with van der Waals surface area (Å²) in [5.74, 6) is -0.809. The van der Waals surface area contributed by atoms with Crippen molar-refractivity contribution < 1.29 is 57.3 Å². The number of nitrogens with one attached hydrogen (secondary N) is 4. The molecule has 1 unspecified atom stereocenters. The Morgan fingerprint density at radius 1 is 0.667 bits per heavy atom. The summed E-state index contributed by atoms with van der Waals surface area (Å²) in [6.07, 6.45) is 17.9. The molecule has 0 bridgehead atoms. The maximum absolute atomic E-state index is 14.6. The maximum atomic E-state index is 14.6. The topological polar surface area (TPSA) is 235 Å². The molecule has 20 nitrogen and oxygen atoms in total. The first kappa shape index (κ1) is 70.8. The highest BCUT2D eigenvalue weighted by Gasteiger charge is 2.56. The van der Waals surface area contributed by atoms with Gasteiger partial charge in [0, 0.05) is 33.2 Å². The number of carbonyl (C=O) groups excluding carboxylic acids is 8. The Labute approximate surface area is 526 Å². The molecule has 87 heavy (non-hydrogen) atoms. The molecule has 4 aliphatic heterocycles. The first-order valence-electron chi connectivity index (χ1n) is 31.5. The number of fused-ring (bicyclic) bond motifs is 2. The summed E-state index contributed by atoms with van der Waals surface area (Å²) < 4.78 is 23.4. The molecule has 1 aromatic carbocycles. The Morgan fingerprint density at radius 2 is 1.16 bits per heavy atom. The van der Waals surface area contributed by atoms with E-state index in [9.17, 15) is 38.4 Å². The second-order valence-corrected chi connectivity index (χ2v) is 30.0. The molecule has 0 radical (unpaired) electrons. The number of benzene rings is 1. The van der Waals surface area contributed by atoms with E-state index in [0.29, 0.717) is 57.0 Å². The molecule has 4 fully saturated rings. The van der Waals surface area contributed by atoms with Gasteiger partial charge in [-0.2, -0.15) is 0 Å². The first-order valence-corrected chi connectivity index (χ1v) is 33.6. The number of likely N-dealkylation sites (N-methyl/N-ethyl adjacent to an activating group) is 2. The van der Waals surface area contributed by atoms with Crippen LogP contribution in [0.2, 0.25) is 0 Å². The van der Waals surface area contributed by atoms with Gasteiger partial charge in [-0.25, -0.2) is 9.59 Å². The predicted molar refractivity (Wildman–Crippen MR) is 340 cm³/mol. The summed E-state index contributed by atoms with van der Waals surface area (Å²) in [5, 5.41) is 11.9. The Bertz CT molecular complexity index is 2570. The smallest absolute Gasteiger partial charge is 0.410 e. The van der Waals surface area contributed by atoms with Crippen LogP contribution in [0.15, 0.2) is 54.6 Å². The highest BCUT2D eigenvalue weighted by molar-refractivity contribution is 8.00. The van der Waals surface area contributed by atoms with E-state index in [1.807, 2.05) is 70.2 Å². The van der Waals surface area contributed by atoms with Crippen LogP contribution in [-0.2, 0) is 47.7 Å². The highest BCUT2D eigenvalue weighted by atomic mass is 32.2. The third-order valence-electron chi connectivity index (χ3n) is 16.8. The minimum atomic E-state index is -0.901. The number of amides is 8. The third kappa shape index (κ3) is 20.6. The first-order chi connectivity index (χ1) is 41.0. The van der Waals surface area contributed by atoms with E-state index in [0.717, 1.165) is 63.4 Å². The average Bonchev–Trinajstić information content (AvgIpc) is 1.63. The number of allylic oxidation sites excluding steroid dienone is 3. The molecule has 0 aromatic heterocycles. The number of thioether (sulfide) groups is 2. The number of unbranched alkanes of at least 4 members (excludes halogenated alkanes) is 7. The van der Waals surface area contributed by atoms with Crippen molar-refractivity contribution in [3.63, 3.8) is 0 Å². The van der Waals surface area contributed by atoms with Gasteiger partial charge in [-0.05, 0) is 121 Å². The van der Waals surface area contributed by atoms with E-state index in [2.05, 4.69) is 33.4 Å². The zero-order valence-electron chi connectivity index (χ0n) is 54.1. The molecular weight excluding hydrogens is 1150 g/mol. The Balaban J connectivity index is 0.909. The van der Waals surface area contributed by atoms with Gasteiger partial charge in [0.05, 0.1) is 36.0 Å². The molecule has 10 atom stereocenters. The van der Waals surface area contributed by atoms with E-state index in [-0.39, 0.29) is 59.5 Å². The van der Waals surface area contributed by atoms with Crippen LogP contribution in [0.3, 0.4) is 0 Å². The number of rotatable bonds is 27. The van der Waals surface area contributed by atoms with Gasteiger partial charge in [-0.3, -0.25) is 33.7 Å². The van der Waals surface area contributed by atoms with Crippen LogP contribution < -0.4 is 21.3 Å². The molecule has 1 aromatic rings. The second-order valence-electron chi connectivity index (χ2n) is 27.5. The predicted octanol–water partition coefficient (Wildman–Crippen LogP) is 8.89. The van der Waals surface area contributed by atoms with Crippen LogP contribution in [0.5, 0.6) is 0 Å². The van der Waals surface area contributed by atoms with Gasteiger partial charge in [-0.1, -0.05) is 121 Å². The van der Waals surface area contributed by atoms with Crippen molar-refractivity contribution in [3.8, 4) is 0 Å². The SMILES string of the molecule is C[C@@H](C(=O)N[C@H]1CCS[C@H]2CC(C)(C)[C@@H](C(=O)N[C@H](COCCCCCCCCCCOC[C@@H](NC(=O)[C@H]3N4C(=O)[C@@H](NC(=O)CN(C)C(=O)OC(C)(C)C)CCS[C@H]4CC3(C)C)C3C=CC=CC3)c3ccccc3)N2C1=O)N(C)C(=O)OC(C)(C)C. The molecule has 0 spiro atoms. The Hall–Kier alpha value is -5.32. The van der Waals surface area contributed by atoms with Crippen molar-refractivity contribution in [1.29, 1.82) is 0 Å². The zero-order valence-corrected chi connectivity index (χ0v) is 55.7. The van der Waals surface area contributed by atoms with E-state index < -0.39 is 82.3 Å². The monoisotopic (exact) mass is 1250 g/mol. The number of hydrogen-bond donors (Lipinski definition) is 4. The minimum absolute atomic E-state index is 0.0195. The molecule has 6 rings (SSSR count). The van der Waals surface area contributed by atoms with E-state index in [4.69, 9.17) is 18.9 Å². The maximum Gasteiger partial charge on any atom is 0.410 e. The van der Waals surface area contributed by atoms with Crippen LogP contribution in [0.1, 0.15) is 171 Å². The van der Waals surface area contributed by atoms with Gasteiger partial charge in [0.2, 0.25) is 35.4 Å². The molecule has 0 saturated carbocycles. The van der Waals surface area contributed by atoms with Crippen LogP contribution in [-0.4, -0.2) is 184 Å².